The first-order valence-electron chi connectivity index (χ1n) is 6.84. The monoisotopic (exact) mass is 337 g/mol. The lowest BCUT2D eigenvalue weighted by Gasteiger charge is -2.17. The van der Waals surface area contributed by atoms with Crippen molar-refractivity contribution in [2.75, 3.05) is 0 Å². The van der Waals surface area contributed by atoms with Crippen LogP contribution < -0.4 is 4.72 Å². The molecule has 0 saturated carbocycles. The van der Waals surface area contributed by atoms with E-state index in [1.165, 1.54) is 24.3 Å². The molecule has 0 radical (unpaired) electrons. The summed E-state index contributed by atoms with van der Waals surface area (Å²) >= 11 is 0. The smallest absolute Gasteiger partial charge is 0.305 e. The van der Waals surface area contributed by atoms with E-state index in [2.05, 4.69) is 4.72 Å². The van der Waals surface area contributed by atoms with Crippen molar-refractivity contribution < 1.29 is 22.7 Å². The molecule has 0 heterocycles. The maximum Gasteiger partial charge on any atom is 0.305 e. The minimum atomic E-state index is -3.89. The molecule has 2 aromatic carbocycles. The van der Waals surface area contributed by atoms with E-state index in [0.29, 0.717) is 5.56 Å². The fourth-order valence-electron chi connectivity index (χ4n) is 2.07. The van der Waals surface area contributed by atoms with Crippen LogP contribution in [0.3, 0.4) is 0 Å². The summed E-state index contributed by atoms with van der Waals surface area (Å²) in [6.45, 7) is 1.83. The lowest BCUT2D eigenvalue weighted by molar-refractivity contribution is -0.137. The van der Waals surface area contributed by atoms with E-state index in [1.54, 1.807) is 12.1 Å². The van der Waals surface area contributed by atoms with Gasteiger partial charge < -0.3 is 5.11 Å². The van der Waals surface area contributed by atoms with Crippen LogP contribution in [0.4, 0.5) is 4.39 Å². The highest BCUT2D eigenvalue weighted by molar-refractivity contribution is 7.89. The van der Waals surface area contributed by atoms with Crippen molar-refractivity contribution in [2.45, 2.75) is 24.3 Å². The predicted molar refractivity (Wildman–Crippen MR) is 82.9 cm³/mol. The van der Waals surface area contributed by atoms with Crippen molar-refractivity contribution in [3.8, 4) is 0 Å². The van der Waals surface area contributed by atoms with Crippen molar-refractivity contribution in [1.82, 2.24) is 4.72 Å². The van der Waals surface area contributed by atoms with E-state index in [-0.39, 0.29) is 4.90 Å². The lowest BCUT2D eigenvalue weighted by Crippen LogP contribution is -2.30. The summed E-state index contributed by atoms with van der Waals surface area (Å²) < 4.78 is 40.2. The number of sulfonamides is 1. The second-order valence-corrected chi connectivity index (χ2v) is 6.85. The summed E-state index contributed by atoms with van der Waals surface area (Å²) in [4.78, 5) is 11.1. The molecule has 1 atom stereocenters. The molecular formula is C16H16FNO4S. The summed E-state index contributed by atoms with van der Waals surface area (Å²) in [6.07, 6.45) is -0.448. The summed E-state index contributed by atoms with van der Waals surface area (Å²) in [7, 11) is -3.89. The van der Waals surface area contributed by atoms with Crippen molar-refractivity contribution in [3.05, 3.63) is 65.5 Å². The molecule has 2 rings (SSSR count). The molecule has 122 valence electrons. The number of hydrogen-bond donors (Lipinski definition) is 2. The molecule has 0 fully saturated rings. The van der Waals surface area contributed by atoms with Crippen LogP contribution in [0.25, 0.3) is 0 Å². The molecule has 0 aliphatic carbocycles. The standard InChI is InChI=1S/C16H16FNO4S/c1-11-2-8-14(9-3-11)23(21,22)18-15(10-16(19)20)12-4-6-13(17)7-5-12/h2-9,15,18H,10H2,1H3,(H,19,20)/t15-/m1/s1. The summed E-state index contributed by atoms with van der Waals surface area (Å²) in [5.74, 6) is -1.64. The Labute approximate surface area is 133 Å². The third-order valence-electron chi connectivity index (χ3n) is 3.28. The van der Waals surface area contributed by atoms with Gasteiger partial charge in [-0.2, -0.15) is 0 Å². The normalized spacial score (nSPS) is 12.8. The molecule has 5 nitrogen and oxygen atoms in total. The zero-order valence-electron chi connectivity index (χ0n) is 12.4. The Kier molecular flexibility index (Phi) is 5.12. The molecule has 2 aromatic rings. The summed E-state index contributed by atoms with van der Waals surface area (Å²) in [5.41, 5.74) is 1.29. The minimum Gasteiger partial charge on any atom is -0.481 e. The maximum absolute atomic E-state index is 13.0. The first kappa shape index (κ1) is 17.1. The van der Waals surface area contributed by atoms with E-state index in [1.807, 2.05) is 6.92 Å². The zero-order valence-corrected chi connectivity index (χ0v) is 13.2. The van der Waals surface area contributed by atoms with Gasteiger partial charge in [0.2, 0.25) is 10.0 Å². The van der Waals surface area contributed by atoms with Gasteiger partial charge in [0.15, 0.2) is 0 Å². The third kappa shape index (κ3) is 4.61. The highest BCUT2D eigenvalue weighted by Crippen LogP contribution is 2.21. The molecule has 0 amide bonds. The Morgan fingerprint density at radius 2 is 1.70 bits per heavy atom. The van der Waals surface area contributed by atoms with Crippen LogP contribution in [0.5, 0.6) is 0 Å². The molecular weight excluding hydrogens is 321 g/mol. The topological polar surface area (TPSA) is 83.5 Å². The van der Waals surface area contributed by atoms with Crippen molar-refractivity contribution in [1.29, 1.82) is 0 Å². The van der Waals surface area contributed by atoms with Crippen LogP contribution in [0.1, 0.15) is 23.6 Å². The first-order chi connectivity index (χ1) is 10.8. The highest BCUT2D eigenvalue weighted by atomic mass is 32.2. The Morgan fingerprint density at radius 3 is 2.22 bits per heavy atom. The van der Waals surface area contributed by atoms with Gasteiger partial charge in [0, 0.05) is 0 Å². The number of halogens is 1. The molecule has 7 heteroatoms. The van der Waals surface area contributed by atoms with Crippen molar-refractivity contribution >= 4 is 16.0 Å². The number of hydrogen-bond acceptors (Lipinski definition) is 3. The molecule has 2 N–H and O–H groups in total. The molecule has 0 unspecified atom stereocenters. The number of benzene rings is 2. The molecule has 0 aromatic heterocycles. The molecule has 0 spiro atoms. The van der Waals surface area contributed by atoms with Crippen LogP contribution in [0.15, 0.2) is 53.4 Å². The van der Waals surface area contributed by atoms with Gasteiger partial charge in [-0.1, -0.05) is 29.8 Å². The highest BCUT2D eigenvalue weighted by Gasteiger charge is 2.23. The van der Waals surface area contributed by atoms with Gasteiger partial charge in [-0.05, 0) is 36.8 Å². The van der Waals surface area contributed by atoms with Gasteiger partial charge in [-0.3, -0.25) is 4.79 Å². The van der Waals surface area contributed by atoms with Crippen LogP contribution in [-0.4, -0.2) is 19.5 Å². The number of carbonyl (C=O) groups is 1. The van der Waals surface area contributed by atoms with E-state index in [9.17, 15) is 17.6 Å². The molecule has 0 aliphatic rings. The van der Waals surface area contributed by atoms with Gasteiger partial charge in [-0.15, -0.1) is 0 Å². The van der Waals surface area contributed by atoms with Gasteiger partial charge in [0.05, 0.1) is 17.4 Å². The minimum absolute atomic E-state index is 0.0422. The number of carboxylic acid groups (broad SMARTS) is 1. The maximum atomic E-state index is 13.0. The molecule has 0 aliphatic heterocycles. The first-order valence-corrected chi connectivity index (χ1v) is 8.32. The summed E-state index contributed by atoms with van der Waals surface area (Å²) in [5, 5.41) is 8.99. The Balaban J connectivity index is 2.31. The summed E-state index contributed by atoms with van der Waals surface area (Å²) in [6, 6.07) is 10.2. The number of aryl methyl sites for hydroxylation is 1. The third-order valence-corrected chi connectivity index (χ3v) is 4.77. The van der Waals surface area contributed by atoms with E-state index in [0.717, 1.165) is 17.7 Å². The largest absolute Gasteiger partial charge is 0.481 e. The van der Waals surface area contributed by atoms with E-state index < -0.39 is 34.3 Å². The van der Waals surface area contributed by atoms with Crippen LogP contribution in [0, 0.1) is 12.7 Å². The lowest BCUT2D eigenvalue weighted by atomic mass is 10.1. The average molecular weight is 337 g/mol. The zero-order chi connectivity index (χ0) is 17.0. The number of rotatable bonds is 6. The Hall–Kier alpha value is -2.25. The SMILES string of the molecule is Cc1ccc(S(=O)(=O)N[C@H](CC(=O)O)c2ccc(F)cc2)cc1. The van der Waals surface area contributed by atoms with Gasteiger partial charge in [0.25, 0.3) is 0 Å². The fourth-order valence-corrected chi connectivity index (χ4v) is 3.29. The van der Waals surface area contributed by atoms with Gasteiger partial charge in [-0.25, -0.2) is 17.5 Å². The predicted octanol–water partition coefficient (Wildman–Crippen LogP) is 2.63. The van der Waals surface area contributed by atoms with Gasteiger partial charge >= 0.3 is 5.97 Å². The molecule has 0 saturated heterocycles. The number of carboxylic acids is 1. The van der Waals surface area contributed by atoms with Gasteiger partial charge in [0.1, 0.15) is 5.82 Å². The quantitative estimate of drug-likeness (QED) is 0.849. The fraction of sp³-hybridized carbons (Fsp3) is 0.188. The molecule has 23 heavy (non-hydrogen) atoms. The van der Waals surface area contributed by atoms with Crippen molar-refractivity contribution in [2.24, 2.45) is 0 Å². The van der Waals surface area contributed by atoms with Crippen LogP contribution in [0.2, 0.25) is 0 Å². The Morgan fingerprint density at radius 1 is 1.13 bits per heavy atom. The van der Waals surface area contributed by atoms with Crippen LogP contribution >= 0.6 is 0 Å². The van der Waals surface area contributed by atoms with E-state index in [4.69, 9.17) is 5.11 Å². The second kappa shape index (κ2) is 6.89. The number of aliphatic carboxylic acids is 1. The molecule has 0 bridgehead atoms. The Bertz CT molecular complexity index is 786. The average Bonchev–Trinajstić information content (AvgIpc) is 2.47. The number of nitrogens with one attached hydrogen (secondary N) is 1. The van der Waals surface area contributed by atoms with E-state index >= 15 is 0 Å². The van der Waals surface area contributed by atoms with Crippen LogP contribution in [-0.2, 0) is 14.8 Å². The van der Waals surface area contributed by atoms with Crippen molar-refractivity contribution in [3.63, 3.8) is 0 Å². The second-order valence-electron chi connectivity index (χ2n) is 5.14.